The van der Waals surface area contributed by atoms with Crippen LogP contribution >= 0.6 is 0 Å². The molecule has 24 heavy (non-hydrogen) atoms. The lowest BCUT2D eigenvalue weighted by atomic mass is 9.72. The van der Waals surface area contributed by atoms with Crippen molar-refractivity contribution in [2.45, 2.75) is 65.4 Å². The van der Waals surface area contributed by atoms with Gasteiger partial charge in [0.15, 0.2) is 0 Å². The van der Waals surface area contributed by atoms with E-state index in [0.29, 0.717) is 0 Å². The van der Waals surface area contributed by atoms with Gasteiger partial charge < -0.3 is 9.64 Å². The average molecular weight is 336 g/mol. The molecular weight excluding hydrogens is 294 g/mol. The van der Waals surface area contributed by atoms with Crippen molar-refractivity contribution in [1.82, 2.24) is 4.90 Å². The molecule has 0 radical (unpaired) electrons. The monoisotopic (exact) mass is 335 g/mol. The molecule has 0 aromatic heterocycles. The van der Waals surface area contributed by atoms with Crippen molar-refractivity contribution >= 4 is 0 Å². The molecule has 1 aromatic carbocycles. The van der Waals surface area contributed by atoms with Crippen LogP contribution in [0.1, 0.15) is 58.9 Å². The minimum Gasteiger partial charge on any atom is -0.378 e. The van der Waals surface area contributed by atoms with Crippen LogP contribution in [0, 0.1) is 11.8 Å². The number of methoxy groups -OCH3 is 1. The number of hydrogen-bond donors (Lipinski definition) is 0. The van der Waals surface area contributed by atoms with Crippen molar-refractivity contribution in [3.63, 3.8) is 0 Å². The van der Waals surface area contributed by atoms with Gasteiger partial charge in [-0.2, -0.15) is 0 Å². The molecule has 1 aliphatic carbocycles. The van der Waals surface area contributed by atoms with Crippen molar-refractivity contribution in [3.8, 4) is 0 Å². The van der Waals surface area contributed by atoms with Gasteiger partial charge in [0.1, 0.15) is 0 Å². The second kappa shape index (κ2) is 12.5. The smallest absolute Gasteiger partial charge is 0.0719 e. The van der Waals surface area contributed by atoms with E-state index in [1.165, 1.54) is 31.2 Å². The van der Waals surface area contributed by atoms with Crippen molar-refractivity contribution in [2.75, 3.05) is 28.3 Å². The van der Waals surface area contributed by atoms with Gasteiger partial charge >= 0.3 is 0 Å². The molecule has 0 unspecified atom stereocenters. The molecule has 0 bridgehead atoms. The Labute approximate surface area is 151 Å². The Balaban J connectivity index is 0.000000773. The second-order valence-electron chi connectivity index (χ2n) is 7.47. The highest BCUT2D eigenvalue weighted by Crippen LogP contribution is 2.39. The Morgan fingerprint density at radius 2 is 1.50 bits per heavy atom. The van der Waals surface area contributed by atoms with E-state index >= 15 is 0 Å². The average Bonchev–Trinajstić information content (AvgIpc) is 2.57. The molecule has 0 N–H and O–H groups in total. The maximum absolute atomic E-state index is 5.91. The Morgan fingerprint density at radius 3 is 1.88 bits per heavy atom. The molecule has 1 fully saturated rings. The van der Waals surface area contributed by atoms with Crippen LogP contribution in [0.5, 0.6) is 0 Å². The zero-order chi connectivity index (χ0) is 18.6. The van der Waals surface area contributed by atoms with Crippen LogP contribution in [-0.4, -0.2) is 38.8 Å². The van der Waals surface area contributed by atoms with Gasteiger partial charge in [-0.25, -0.2) is 0 Å². The van der Waals surface area contributed by atoms with Gasteiger partial charge in [0.25, 0.3) is 0 Å². The van der Waals surface area contributed by atoms with E-state index < -0.39 is 0 Å². The zero-order valence-electron chi connectivity index (χ0n) is 17.4. The van der Waals surface area contributed by atoms with Crippen molar-refractivity contribution in [3.05, 3.63) is 35.9 Å². The van der Waals surface area contributed by atoms with Gasteiger partial charge in [-0.15, -0.1) is 0 Å². The Hall–Kier alpha value is -0.860. The third-order valence-corrected chi connectivity index (χ3v) is 4.69. The maximum atomic E-state index is 5.91. The van der Waals surface area contributed by atoms with E-state index in [1.807, 2.05) is 47.0 Å². The van der Waals surface area contributed by atoms with E-state index in [1.54, 1.807) is 0 Å². The number of ether oxygens (including phenoxy) is 1. The lowest BCUT2D eigenvalue weighted by Crippen LogP contribution is -2.39. The first kappa shape index (κ1) is 23.1. The van der Waals surface area contributed by atoms with Crippen LogP contribution in [0.4, 0.5) is 0 Å². The molecule has 2 nitrogen and oxygen atoms in total. The summed E-state index contributed by atoms with van der Waals surface area (Å²) in [6, 6.07) is 10.8. The largest absolute Gasteiger partial charge is 0.378 e. The predicted octanol–water partition coefficient (Wildman–Crippen LogP) is 5.66. The normalized spacial score (nSPS) is 23.2. The standard InChI is InChI=1S/C17H26O.C3H9N.C2H6/c1-14(2)16-9-11-17(18-3,12-10-16)13-15-7-5-4-6-8-15;1-4(2)3;1-2/h4-8,14,16H,9-13H2,1-3H3;1-3H3;1-2H3. The lowest BCUT2D eigenvalue weighted by molar-refractivity contribution is -0.0525. The van der Waals surface area contributed by atoms with Crippen LogP contribution in [0.2, 0.25) is 0 Å². The first-order valence-electron chi connectivity index (χ1n) is 9.58. The van der Waals surface area contributed by atoms with Crippen LogP contribution in [-0.2, 0) is 11.2 Å². The third kappa shape index (κ3) is 8.84. The molecule has 0 atom stereocenters. The maximum Gasteiger partial charge on any atom is 0.0719 e. The highest BCUT2D eigenvalue weighted by atomic mass is 16.5. The van der Waals surface area contributed by atoms with E-state index in [0.717, 1.165) is 18.3 Å². The van der Waals surface area contributed by atoms with E-state index in [-0.39, 0.29) is 5.60 Å². The summed E-state index contributed by atoms with van der Waals surface area (Å²) in [5.41, 5.74) is 1.49. The summed E-state index contributed by atoms with van der Waals surface area (Å²) in [4.78, 5) is 2.00. The first-order valence-corrected chi connectivity index (χ1v) is 9.58. The Kier molecular flexibility index (Phi) is 12.0. The summed E-state index contributed by atoms with van der Waals surface area (Å²) in [6.07, 6.45) is 6.12. The fraction of sp³-hybridized carbons (Fsp3) is 0.727. The van der Waals surface area contributed by atoms with Crippen molar-refractivity contribution < 1.29 is 4.74 Å². The van der Waals surface area contributed by atoms with Crippen LogP contribution in [0.25, 0.3) is 0 Å². The van der Waals surface area contributed by atoms with Crippen LogP contribution in [0.15, 0.2) is 30.3 Å². The molecule has 1 saturated carbocycles. The third-order valence-electron chi connectivity index (χ3n) is 4.69. The molecule has 0 aliphatic heterocycles. The molecule has 2 rings (SSSR count). The van der Waals surface area contributed by atoms with Gasteiger partial charge in [0.05, 0.1) is 5.60 Å². The fourth-order valence-corrected chi connectivity index (χ4v) is 3.25. The van der Waals surface area contributed by atoms with Crippen LogP contribution < -0.4 is 0 Å². The summed E-state index contributed by atoms with van der Waals surface area (Å²) in [6.45, 7) is 8.70. The Bertz CT molecular complexity index is 389. The lowest BCUT2D eigenvalue weighted by Gasteiger charge is -2.40. The second-order valence-corrected chi connectivity index (χ2v) is 7.47. The molecule has 0 saturated heterocycles. The van der Waals surface area contributed by atoms with Gasteiger partial charge in [0, 0.05) is 13.5 Å². The van der Waals surface area contributed by atoms with Gasteiger partial charge in [-0.3, -0.25) is 0 Å². The molecule has 1 aromatic rings. The van der Waals surface area contributed by atoms with E-state index in [2.05, 4.69) is 44.2 Å². The Morgan fingerprint density at radius 1 is 1.04 bits per heavy atom. The topological polar surface area (TPSA) is 12.5 Å². The summed E-state index contributed by atoms with van der Waals surface area (Å²) >= 11 is 0. The minimum absolute atomic E-state index is 0.0900. The molecule has 0 amide bonds. The number of nitrogens with zero attached hydrogens (tertiary/aromatic N) is 1. The number of benzene rings is 1. The fourth-order valence-electron chi connectivity index (χ4n) is 3.25. The zero-order valence-corrected chi connectivity index (χ0v) is 17.4. The predicted molar refractivity (Wildman–Crippen MR) is 108 cm³/mol. The van der Waals surface area contributed by atoms with Crippen molar-refractivity contribution in [1.29, 1.82) is 0 Å². The molecule has 0 spiro atoms. The summed E-state index contributed by atoms with van der Waals surface area (Å²) in [5, 5.41) is 0. The molecule has 0 heterocycles. The van der Waals surface area contributed by atoms with Gasteiger partial charge in [-0.1, -0.05) is 58.0 Å². The SMILES string of the molecule is CC.CN(C)C.COC1(Cc2ccccc2)CCC(C(C)C)CC1. The highest BCUT2D eigenvalue weighted by molar-refractivity contribution is 5.17. The molecule has 2 heteroatoms. The molecular formula is C22H41NO. The van der Waals surface area contributed by atoms with E-state index in [4.69, 9.17) is 4.74 Å². The highest BCUT2D eigenvalue weighted by Gasteiger charge is 2.36. The van der Waals surface area contributed by atoms with Gasteiger partial charge in [-0.05, 0) is 64.2 Å². The number of hydrogen-bond acceptors (Lipinski definition) is 2. The summed E-state index contributed by atoms with van der Waals surface area (Å²) in [7, 11) is 7.89. The minimum atomic E-state index is 0.0900. The quantitative estimate of drug-likeness (QED) is 0.703. The summed E-state index contributed by atoms with van der Waals surface area (Å²) < 4.78 is 5.91. The molecule has 140 valence electrons. The van der Waals surface area contributed by atoms with Crippen LogP contribution in [0.3, 0.4) is 0 Å². The van der Waals surface area contributed by atoms with Crippen molar-refractivity contribution in [2.24, 2.45) is 11.8 Å². The first-order chi connectivity index (χ1) is 11.4. The number of rotatable bonds is 4. The van der Waals surface area contributed by atoms with E-state index in [9.17, 15) is 0 Å². The summed E-state index contributed by atoms with van der Waals surface area (Å²) in [5.74, 6) is 1.71. The van der Waals surface area contributed by atoms with Gasteiger partial charge in [0.2, 0.25) is 0 Å². The molecule has 1 aliphatic rings.